The van der Waals surface area contributed by atoms with Gasteiger partial charge in [-0.15, -0.1) is 0 Å². The van der Waals surface area contributed by atoms with Crippen molar-refractivity contribution in [3.05, 3.63) is 83.9 Å². The zero-order valence-corrected chi connectivity index (χ0v) is 13.6. The molecule has 0 unspecified atom stereocenters. The first-order chi connectivity index (χ1) is 12.0. The maximum absolute atomic E-state index is 12.6. The topological polar surface area (TPSA) is 80.7 Å². The average Bonchev–Trinajstić information content (AvgIpc) is 2.61. The lowest BCUT2D eigenvalue weighted by Gasteiger charge is -2.16. The first-order valence-electron chi connectivity index (χ1n) is 7.74. The van der Waals surface area contributed by atoms with Gasteiger partial charge in [0.2, 0.25) is 0 Å². The molecule has 2 aromatic rings. The van der Waals surface area contributed by atoms with Gasteiger partial charge in [0.25, 0.3) is 0 Å². The monoisotopic (exact) mass is 338 g/mol. The van der Waals surface area contributed by atoms with Gasteiger partial charge in [-0.05, 0) is 17.5 Å². The van der Waals surface area contributed by atoms with Crippen LogP contribution in [0, 0.1) is 0 Å². The smallest absolute Gasteiger partial charge is 0.330 e. The Morgan fingerprint density at radius 2 is 1.36 bits per heavy atom. The Morgan fingerprint density at radius 1 is 0.880 bits per heavy atom. The molecule has 128 valence electrons. The van der Waals surface area contributed by atoms with Crippen molar-refractivity contribution in [1.29, 1.82) is 0 Å². The SMILES string of the molecule is C=C(CCC(=O)OC(=O)C(c1ccccc1)c1ccccc1)C(=O)O. The fourth-order valence-electron chi connectivity index (χ4n) is 2.34. The molecule has 5 nitrogen and oxygen atoms in total. The molecular weight excluding hydrogens is 320 g/mol. The molecule has 0 aliphatic carbocycles. The lowest BCUT2D eigenvalue weighted by Crippen LogP contribution is -2.21. The third-order valence-corrected chi connectivity index (χ3v) is 3.65. The third-order valence-electron chi connectivity index (χ3n) is 3.65. The fraction of sp³-hybridized carbons (Fsp3) is 0.150. The Kier molecular flexibility index (Phi) is 6.23. The number of carbonyl (C=O) groups is 3. The van der Waals surface area contributed by atoms with Gasteiger partial charge in [-0.1, -0.05) is 67.2 Å². The summed E-state index contributed by atoms with van der Waals surface area (Å²) in [5.74, 6) is -3.37. The minimum absolute atomic E-state index is 0.0667. The van der Waals surface area contributed by atoms with E-state index in [-0.39, 0.29) is 18.4 Å². The van der Waals surface area contributed by atoms with Crippen LogP contribution in [0.5, 0.6) is 0 Å². The number of hydrogen-bond acceptors (Lipinski definition) is 4. The van der Waals surface area contributed by atoms with Crippen molar-refractivity contribution in [3.8, 4) is 0 Å². The first kappa shape index (κ1) is 18.1. The molecule has 1 N–H and O–H groups in total. The molecule has 0 radical (unpaired) electrons. The Morgan fingerprint density at radius 3 is 1.80 bits per heavy atom. The van der Waals surface area contributed by atoms with Gasteiger partial charge in [0, 0.05) is 5.57 Å². The number of hydrogen-bond donors (Lipinski definition) is 1. The van der Waals surface area contributed by atoms with Crippen LogP contribution in [-0.4, -0.2) is 23.0 Å². The molecule has 2 aromatic carbocycles. The van der Waals surface area contributed by atoms with E-state index in [9.17, 15) is 14.4 Å². The average molecular weight is 338 g/mol. The Hall–Kier alpha value is -3.21. The molecule has 0 bridgehead atoms. The zero-order valence-electron chi connectivity index (χ0n) is 13.6. The van der Waals surface area contributed by atoms with Crippen molar-refractivity contribution in [3.63, 3.8) is 0 Å². The van der Waals surface area contributed by atoms with Crippen LogP contribution in [0.4, 0.5) is 0 Å². The van der Waals surface area contributed by atoms with E-state index in [4.69, 9.17) is 9.84 Å². The predicted molar refractivity (Wildman–Crippen MR) is 91.8 cm³/mol. The molecule has 2 rings (SSSR count). The van der Waals surface area contributed by atoms with Gasteiger partial charge in [-0.25, -0.2) is 4.79 Å². The number of benzene rings is 2. The molecular formula is C20H18O5. The lowest BCUT2D eigenvalue weighted by atomic mass is 9.91. The number of rotatable bonds is 7. The van der Waals surface area contributed by atoms with Crippen molar-refractivity contribution in [2.24, 2.45) is 0 Å². The molecule has 0 spiro atoms. The van der Waals surface area contributed by atoms with Gasteiger partial charge < -0.3 is 9.84 Å². The number of carbonyl (C=O) groups excluding carboxylic acids is 2. The normalized spacial score (nSPS) is 10.3. The second kappa shape index (κ2) is 8.59. The van der Waals surface area contributed by atoms with Gasteiger partial charge >= 0.3 is 17.9 Å². The van der Waals surface area contributed by atoms with Crippen molar-refractivity contribution < 1.29 is 24.2 Å². The number of carboxylic acids is 1. The summed E-state index contributed by atoms with van der Waals surface area (Å²) in [7, 11) is 0. The zero-order chi connectivity index (χ0) is 18.2. The second-order valence-corrected chi connectivity index (χ2v) is 5.46. The van der Waals surface area contributed by atoms with Crippen molar-refractivity contribution in [2.45, 2.75) is 18.8 Å². The summed E-state index contributed by atoms with van der Waals surface area (Å²) in [5, 5.41) is 8.74. The standard InChI is InChI=1S/C20H18O5/c1-14(19(22)23)12-13-17(21)25-20(24)18(15-8-4-2-5-9-15)16-10-6-3-7-11-16/h2-11,18H,1,12-13H2,(H,22,23). The van der Waals surface area contributed by atoms with Crippen molar-refractivity contribution in [2.75, 3.05) is 0 Å². The molecule has 0 aliphatic heterocycles. The Bertz CT molecular complexity index is 726. The number of ether oxygens (including phenoxy) is 1. The number of carboxylic acid groups (broad SMARTS) is 1. The molecule has 0 fully saturated rings. The van der Waals surface area contributed by atoms with E-state index in [0.717, 1.165) is 0 Å². The maximum atomic E-state index is 12.6. The van der Waals surface area contributed by atoms with Gasteiger partial charge in [0.05, 0.1) is 6.42 Å². The summed E-state index contributed by atoms with van der Waals surface area (Å²) in [6.45, 7) is 3.34. The molecule has 25 heavy (non-hydrogen) atoms. The quantitative estimate of drug-likeness (QED) is 0.476. The largest absolute Gasteiger partial charge is 0.478 e. The molecule has 0 aromatic heterocycles. The number of aliphatic carboxylic acids is 1. The van der Waals surface area contributed by atoms with E-state index in [2.05, 4.69) is 6.58 Å². The molecule has 0 aliphatic rings. The molecule has 0 heterocycles. The highest BCUT2D eigenvalue weighted by molar-refractivity contribution is 5.92. The minimum Gasteiger partial charge on any atom is -0.478 e. The van der Waals surface area contributed by atoms with Gasteiger partial charge in [-0.2, -0.15) is 0 Å². The second-order valence-electron chi connectivity index (χ2n) is 5.46. The van der Waals surface area contributed by atoms with E-state index in [0.29, 0.717) is 11.1 Å². The summed E-state index contributed by atoms with van der Waals surface area (Å²) >= 11 is 0. The highest BCUT2D eigenvalue weighted by atomic mass is 16.6. The fourth-order valence-corrected chi connectivity index (χ4v) is 2.34. The van der Waals surface area contributed by atoms with Crippen LogP contribution >= 0.6 is 0 Å². The molecule has 0 amide bonds. The van der Waals surface area contributed by atoms with Crippen molar-refractivity contribution >= 4 is 17.9 Å². The summed E-state index contributed by atoms with van der Waals surface area (Å²) in [4.78, 5) is 35.1. The van der Waals surface area contributed by atoms with E-state index in [1.807, 2.05) is 12.1 Å². The molecule has 0 saturated heterocycles. The van der Waals surface area contributed by atoms with E-state index >= 15 is 0 Å². The van der Waals surface area contributed by atoms with Crippen LogP contribution in [0.25, 0.3) is 0 Å². The third kappa shape index (κ3) is 5.14. The van der Waals surface area contributed by atoms with E-state index in [1.54, 1.807) is 48.5 Å². The minimum atomic E-state index is -1.18. The Balaban J connectivity index is 2.13. The van der Waals surface area contributed by atoms with Crippen LogP contribution in [0.3, 0.4) is 0 Å². The molecule has 5 heteroatoms. The summed E-state index contributed by atoms with van der Waals surface area (Å²) in [6, 6.07) is 18.0. The van der Waals surface area contributed by atoms with Gasteiger partial charge in [-0.3, -0.25) is 9.59 Å². The van der Waals surface area contributed by atoms with Crippen LogP contribution in [0.1, 0.15) is 29.9 Å². The first-order valence-corrected chi connectivity index (χ1v) is 7.74. The van der Waals surface area contributed by atoms with Gasteiger partial charge in [0.15, 0.2) is 0 Å². The van der Waals surface area contributed by atoms with Crippen molar-refractivity contribution in [1.82, 2.24) is 0 Å². The highest BCUT2D eigenvalue weighted by Gasteiger charge is 2.26. The van der Waals surface area contributed by atoms with E-state index < -0.39 is 23.8 Å². The Labute approximate surface area is 145 Å². The molecule has 0 atom stereocenters. The highest BCUT2D eigenvalue weighted by Crippen LogP contribution is 2.26. The predicted octanol–water partition coefficient (Wildman–Crippen LogP) is 3.31. The lowest BCUT2D eigenvalue weighted by molar-refractivity contribution is -0.160. The summed E-state index contributed by atoms with van der Waals surface area (Å²) in [6.07, 6.45) is -0.282. The van der Waals surface area contributed by atoms with Gasteiger partial charge in [0.1, 0.15) is 5.92 Å². The summed E-state index contributed by atoms with van der Waals surface area (Å²) < 4.78 is 4.94. The number of esters is 2. The van der Waals surface area contributed by atoms with Crippen LogP contribution in [-0.2, 0) is 19.1 Å². The van der Waals surface area contributed by atoms with Crippen LogP contribution < -0.4 is 0 Å². The van der Waals surface area contributed by atoms with Crippen LogP contribution in [0.2, 0.25) is 0 Å². The van der Waals surface area contributed by atoms with E-state index in [1.165, 1.54) is 0 Å². The molecule has 0 saturated carbocycles. The van der Waals surface area contributed by atoms with Crippen LogP contribution in [0.15, 0.2) is 72.8 Å². The maximum Gasteiger partial charge on any atom is 0.330 e. The summed E-state index contributed by atoms with van der Waals surface area (Å²) in [5.41, 5.74) is 1.31.